The molecular formula is C80H100N4O23S. The predicted molar refractivity (Wildman–Crippen MR) is 390 cm³/mol. The number of carbonyl (C=O) groups is 14. The van der Waals surface area contributed by atoms with Gasteiger partial charge in [-0.2, -0.15) is 0 Å². The van der Waals surface area contributed by atoms with Crippen LogP contribution in [0.1, 0.15) is 190 Å². The minimum absolute atomic E-state index is 0.0179. The van der Waals surface area contributed by atoms with E-state index in [4.69, 9.17) is 34.2 Å². The molecule has 2 saturated heterocycles. The van der Waals surface area contributed by atoms with Crippen molar-refractivity contribution in [1.82, 2.24) is 15.5 Å². The van der Waals surface area contributed by atoms with Gasteiger partial charge in [0.1, 0.15) is 47.3 Å². The number of rotatable bonds is 38. The highest BCUT2D eigenvalue weighted by molar-refractivity contribution is 8.00. The number of ether oxygens (including phenoxy) is 6. The predicted octanol–water partition coefficient (Wildman–Crippen LogP) is 7.49. The van der Waals surface area contributed by atoms with Crippen LogP contribution in [0.5, 0.6) is 0 Å². The van der Waals surface area contributed by atoms with Gasteiger partial charge in [0.05, 0.1) is 34.9 Å². The Labute approximate surface area is 631 Å². The van der Waals surface area contributed by atoms with E-state index >= 15 is 9.59 Å². The molecule has 7 N–H and O–H groups in total. The van der Waals surface area contributed by atoms with Crippen LogP contribution in [0.15, 0.2) is 114 Å². The summed E-state index contributed by atoms with van der Waals surface area (Å²) < 4.78 is 37.3. The number of likely N-dealkylation sites (tertiary alicyclic amines) is 1. The Hall–Kier alpha value is -9.25. The largest absolute Gasteiger partial charge is 0.481 e. The molecule has 27 nitrogen and oxygen atoms in total. The second-order valence-corrected chi connectivity index (χ2v) is 30.8. The highest BCUT2D eigenvalue weighted by Crippen LogP contribution is 2.64. The standard InChI is InChI=1S/C80H100N4O23S/c1-10-50(56(88)40-55(31-34-65(94)95)57(89)39-54(47(4)85)30-33-63(92)82-36-38-108-59-41-64(93)84(46(59)3)37-22-14-21-29-62(81)91)32-35-66(96)105-70(68(51-23-15-11-16-24-51)83-74(98)52-25-17-12-18-26-52)76(100)104-58-43-80(101)73(106-75(99)53-27-19-13-20-28-53)71-78(9,60(90)42-61-79(71,44-102-61)107-49(6)87)72(97)69(103-48(5)86)67(45(58)2)77(80,7)8/h11-13,15-20,23-28,50,54-55,58-61,68-71,73,90,101H,3,10,14,21-22,29-44H2,1-2,4-9H3,(H2,81,91)(H,82,92)(H,83,98)(H,94,95)/t50?,54?,55?,58-,59?,60-,61+,68-,69+,70+,71?,73?,78+,79-,80+/m0/s1. The molecule has 28 heteroatoms. The molecular weight excluding hydrogens is 1420 g/mol. The third kappa shape index (κ3) is 19.4. The van der Waals surface area contributed by atoms with E-state index in [1.807, 2.05) is 0 Å². The molecule has 3 aliphatic carbocycles. The Kier molecular flexibility index (Phi) is 28.7. The SMILES string of the molecule is C=C1C(SCCNC(=O)CCC(CC(=O)C(CCC(=O)O)CC(=O)C(CC)CCC(=O)O[C@@H](C(=O)O[C@H]2C[C@@]3(O)C(OC(=O)c4ccccc4)C4[C@](C)(C(=O)[C@H](OC(C)=O)C(=C2C)C3(C)C)[C@@H](O)C[C@H]2OC[C@@]42OC(C)=O)[C@@H](NC(=O)c2ccccc2)c2ccccc2)C(C)=O)CC(=O)N1CCCCCC(N)=O. The lowest BCUT2D eigenvalue weighted by atomic mass is 9.44. The van der Waals surface area contributed by atoms with Gasteiger partial charge in [-0.05, 0) is 100 Å². The number of aliphatic hydroxyl groups is 2. The van der Waals surface area contributed by atoms with Gasteiger partial charge in [0.15, 0.2) is 17.5 Å². The fourth-order valence-corrected chi connectivity index (χ4v) is 17.1. The van der Waals surface area contributed by atoms with E-state index in [0.29, 0.717) is 30.8 Å². The molecule has 0 aromatic heterocycles. The van der Waals surface area contributed by atoms with Crippen LogP contribution in [-0.4, -0.2) is 181 Å². The van der Waals surface area contributed by atoms with Gasteiger partial charge in [-0.3, -0.25) is 57.5 Å². The molecule has 0 radical (unpaired) electrons. The Morgan fingerprint density at radius 1 is 0.759 bits per heavy atom. The van der Waals surface area contributed by atoms with Crippen molar-refractivity contribution in [2.75, 3.05) is 25.4 Å². The van der Waals surface area contributed by atoms with Crippen molar-refractivity contribution in [2.24, 2.45) is 40.2 Å². The number of Topliss-reactive ketones (excluding diaryl/α,β-unsaturated/α-hetero) is 4. The minimum atomic E-state index is -2.59. The fraction of sp³-hybridized carbons (Fsp3) is 0.550. The zero-order valence-electron chi connectivity index (χ0n) is 62.4. The number of amides is 4. The number of ketones is 4. The van der Waals surface area contributed by atoms with Crippen molar-refractivity contribution >= 4 is 94.3 Å². The van der Waals surface area contributed by atoms with E-state index in [2.05, 4.69) is 17.2 Å². The average Bonchev–Trinajstić information content (AvgIpc) is 0.678. The summed E-state index contributed by atoms with van der Waals surface area (Å²) >= 11 is 1.46. The zero-order valence-corrected chi connectivity index (χ0v) is 63.2. The minimum Gasteiger partial charge on any atom is -0.481 e. The molecule has 2 heterocycles. The van der Waals surface area contributed by atoms with E-state index in [9.17, 15) is 72.9 Å². The van der Waals surface area contributed by atoms with Gasteiger partial charge in [-0.25, -0.2) is 9.59 Å². The van der Waals surface area contributed by atoms with Crippen molar-refractivity contribution in [1.29, 1.82) is 0 Å². The summed E-state index contributed by atoms with van der Waals surface area (Å²) in [7, 11) is 0. The normalized spacial score (nSPS) is 25.4. The zero-order chi connectivity index (χ0) is 79.2. The number of benzene rings is 3. The molecule has 4 fully saturated rings. The quantitative estimate of drug-likeness (QED) is 0.0140. The number of thioether (sulfide) groups is 1. The summed E-state index contributed by atoms with van der Waals surface area (Å²) in [5.41, 5.74) is -2.44. The number of carboxylic acid groups (broad SMARTS) is 1. The van der Waals surface area contributed by atoms with Crippen LogP contribution in [0.4, 0.5) is 0 Å². The number of aliphatic hydroxyl groups excluding tert-OH is 1. The lowest BCUT2D eigenvalue weighted by Crippen LogP contribution is -2.82. The van der Waals surface area contributed by atoms with Crippen LogP contribution >= 0.6 is 11.8 Å². The van der Waals surface area contributed by atoms with Crippen molar-refractivity contribution in [3.63, 3.8) is 0 Å². The number of nitrogens with one attached hydrogen (secondary N) is 2. The van der Waals surface area contributed by atoms with Crippen LogP contribution < -0.4 is 16.4 Å². The number of hydrogen-bond acceptors (Lipinski definition) is 23. The van der Waals surface area contributed by atoms with Crippen LogP contribution in [0.2, 0.25) is 0 Å². The topological polar surface area (TPSA) is 408 Å². The first-order valence-corrected chi connectivity index (χ1v) is 37.8. The highest BCUT2D eigenvalue weighted by atomic mass is 32.2. The van der Waals surface area contributed by atoms with Crippen molar-refractivity contribution in [2.45, 2.75) is 217 Å². The molecule has 5 aliphatic rings. The van der Waals surface area contributed by atoms with E-state index in [1.54, 1.807) is 66.4 Å². The maximum Gasteiger partial charge on any atom is 0.350 e. The molecule has 3 aromatic rings. The van der Waals surface area contributed by atoms with E-state index < -0.39 is 198 Å². The summed E-state index contributed by atoms with van der Waals surface area (Å²) in [6, 6.07) is 21.8. The van der Waals surface area contributed by atoms with Gasteiger partial charge < -0.3 is 65.0 Å². The number of nitrogens with zero attached hydrogens (tertiary/aromatic N) is 1. The molecule has 584 valence electrons. The summed E-state index contributed by atoms with van der Waals surface area (Å²) in [5, 5.41) is 41.8. The van der Waals surface area contributed by atoms with Crippen LogP contribution in [-0.2, 0) is 86.0 Å². The summed E-state index contributed by atoms with van der Waals surface area (Å²) in [6.45, 7) is 15.3. The molecule has 2 saturated carbocycles. The average molecular weight is 1520 g/mol. The Bertz CT molecular complexity index is 3920. The Morgan fingerprint density at radius 3 is 1.96 bits per heavy atom. The number of aliphatic carboxylic acids is 1. The first-order chi connectivity index (χ1) is 51.1. The first-order valence-electron chi connectivity index (χ1n) is 36.7. The van der Waals surface area contributed by atoms with E-state index in [1.165, 1.54) is 82.8 Å². The van der Waals surface area contributed by atoms with Crippen molar-refractivity contribution in [3.05, 3.63) is 131 Å². The number of fused-ring (bicyclic) bond motifs is 5. The number of carbonyl (C=O) groups excluding carboxylic acids is 13. The number of primary amides is 1. The number of carboxylic acids is 1. The molecule has 6 unspecified atom stereocenters. The van der Waals surface area contributed by atoms with Crippen LogP contribution in [0.25, 0.3) is 0 Å². The fourth-order valence-electron chi connectivity index (χ4n) is 16.0. The molecule has 2 bridgehead atoms. The summed E-state index contributed by atoms with van der Waals surface area (Å²) in [5.74, 6) is -15.1. The van der Waals surface area contributed by atoms with Crippen LogP contribution in [0.3, 0.4) is 0 Å². The van der Waals surface area contributed by atoms with Gasteiger partial charge in [0.2, 0.25) is 23.8 Å². The number of unbranched alkanes of at least 4 members (excludes halogenated alkanes) is 2. The van der Waals surface area contributed by atoms with Gasteiger partial charge in [0, 0.05) is 125 Å². The third-order valence-corrected chi connectivity index (χ3v) is 23.4. The number of esters is 5. The van der Waals surface area contributed by atoms with E-state index in [0.717, 1.165) is 20.3 Å². The number of hydrogen-bond donors (Lipinski definition) is 6. The Morgan fingerprint density at radius 2 is 1.37 bits per heavy atom. The van der Waals surface area contributed by atoms with Gasteiger partial charge in [-0.15, -0.1) is 11.8 Å². The van der Waals surface area contributed by atoms with Crippen molar-refractivity contribution < 1.29 is 111 Å². The van der Waals surface area contributed by atoms with Crippen LogP contribution in [0, 0.1) is 34.5 Å². The summed E-state index contributed by atoms with van der Waals surface area (Å²) in [6.07, 6.45) is -11.8. The molecule has 2 aliphatic heterocycles. The molecule has 3 aromatic carbocycles. The molecule has 4 amide bonds. The first kappa shape index (κ1) is 84.4. The lowest BCUT2D eigenvalue weighted by molar-refractivity contribution is -0.346. The number of nitrogens with two attached hydrogens (primary N) is 1. The maximum atomic E-state index is 16.0. The van der Waals surface area contributed by atoms with Crippen molar-refractivity contribution in [3.8, 4) is 0 Å². The Balaban J connectivity index is 1.04. The molecule has 0 spiro atoms. The molecule has 8 rings (SSSR count). The second-order valence-electron chi connectivity index (χ2n) is 29.5. The van der Waals surface area contributed by atoms with Gasteiger partial charge in [0.25, 0.3) is 5.91 Å². The molecule has 15 atom stereocenters. The van der Waals surface area contributed by atoms with Gasteiger partial charge >= 0.3 is 35.8 Å². The van der Waals surface area contributed by atoms with E-state index in [-0.39, 0.29) is 103 Å². The second kappa shape index (κ2) is 36.8. The summed E-state index contributed by atoms with van der Waals surface area (Å²) in [4.78, 5) is 195. The smallest absolute Gasteiger partial charge is 0.350 e. The lowest BCUT2D eigenvalue weighted by Gasteiger charge is -2.67. The maximum absolute atomic E-state index is 16.0. The third-order valence-electron chi connectivity index (χ3n) is 22.1. The molecule has 108 heavy (non-hydrogen) atoms. The van der Waals surface area contributed by atoms with Gasteiger partial charge in [-0.1, -0.05) is 101 Å². The highest BCUT2D eigenvalue weighted by Gasteiger charge is 2.78. The monoisotopic (exact) mass is 1520 g/mol.